The molecule has 10 heavy (non-hydrogen) atoms. The fraction of sp³-hybridized carbons (Fsp3) is 0. The van der Waals surface area contributed by atoms with Gasteiger partial charge in [-0.3, -0.25) is 9.97 Å². The van der Waals surface area contributed by atoms with Crippen molar-refractivity contribution in [2.75, 3.05) is 0 Å². The average Bonchev–Trinajstić information content (AvgIpc) is 2.05. The lowest BCUT2D eigenvalue weighted by Crippen LogP contribution is -1.75. The number of hydrogen-bond donors (Lipinski definition) is 0. The Hall–Kier alpha value is -1.44. The zero-order valence-electron chi connectivity index (χ0n) is 5.20. The molecule has 2 heterocycles. The van der Waals surface area contributed by atoms with Crippen LogP contribution in [0, 0.1) is 12.4 Å². The molecular formula is C8H4N2. The van der Waals surface area contributed by atoms with Crippen molar-refractivity contribution in [2.45, 2.75) is 0 Å². The number of aromatic nitrogens is 2. The monoisotopic (exact) mass is 128 g/mol. The molecule has 0 amide bonds. The summed E-state index contributed by atoms with van der Waals surface area (Å²) in [6.45, 7) is 0. The number of rotatable bonds is 0. The van der Waals surface area contributed by atoms with Gasteiger partial charge in [0.15, 0.2) is 0 Å². The summed E-state index contributed by atoms with van der Waals surface area (Å²) in [6, 6.07) is 3.60. The molecule has 0 aliphatic carbocycles. The number of nitrogens with zero attached hydrogens (tertiary/aromatic N) is 2. The molecule has 0 aliphatic heterocycles. The molecule has 0 unspecified atom stereocenters. The molecule has 0 aliphatic rings. The molecule has 2 rings (SSSR count). The second-order valence-electron chi connectivity index (χ2n) is 1.97. The molecule has 2 radical (unpaired) electrons. The second kappa shape index (κ2) is 2.06. The van der Waals surface area contributed by atoms with Crippen LogP contribution in [0.1, 0.15) is 0 Å². The zero-order chi connectivity index (χ0) is 6.81. The Morgan fingerprint density at radius 1 is 0.900 bits per heavy atom. The maximum atomic E-state index is 3.84. The topological polar surface area (TPSA) is 25.8 Å². The van der Waals surface area contributed by atoms with Crippen molar-refractivity contribution in [3.8, 4) is 0 Å². The van der Waals surface area contributed by atoms with Crippen LogP contribution in [0.25, 0.3) is 10.8 Å². The van der Waals surface area contributed by atoms with Gasteiger partial charge in [0.1, 0.15) is 0 Å². The number of hydrogen-bond acceptors (Lipinski definition) is 2. The van der Waals surface area contributed by atoms with E-state index in [4.69, 9.17) is 0 Å². The fourth-order valence-electron chi connectivity index (χ4n) is 0.818. The van der Waals surface area contributed by atoms with E-state index in [0.29, 0.717) is 0 Å². The second-order valence-corrected chi connectivity index (χ2v) is 1.97. The van der Waals surface area contributed by atoms with Crippen LogP contribution >= 0.6 is 0 Å². The molecule has 0 saturated heterocycles. The Labute approximate surface area is 58.6 Å². The fourth-order valence-corrected chi connectivity index (χ4v) is 0.818. The van der Waals surface area contributed by atoms with E-state index in [0.717, 1.165) is 10.8 Å². The number of pyridine rings is 2. The SMILES string of the molecule is [c]1cc2cn[c]cc2cn1. The maximum absolute atomic E-state index is 3.84. The summed E-state index contributed by atoms with van der Waals surface area (Å²) in [6.07, 6.45) is 8.95. The van der Waals surface area contributed by atoms with Crippen LogP contribution in [-0.4, -0.2) is 9.97 Å². The molecular weight excluding hydrogens is 124 g/mol. The predicted molar refractivity (Wildman–Crippen MR) is 37.2 cm³/mol. The van der Waals surface area contributed by atoms with Gasteiger partial charge in [0.25, 0.3) is 0 Å². The summed E-state index contributed by atoms with van der Waals surface area (Å²) < 4.78 is 0. The van der Waals surface area contributed by atoms with Crippen molar-refractivity contribution in [1.82, 2.24) is 9.97 Å². The zero-order valence-corrected chi connectivity index (χ0v) is 5.20. The highest BCUT2D eigenvalue weighted by molar-refractivity contribution is 5.79. The molecule has 0 aromatic carbocycles. The van der Waals surface area contributed by atoms with Crippen LogP contribution in [-0.2, 0) is 0 Å². The van der Waals surface area contributed by atoms with Gasteiger partial charge in [-0.2, -0.15) is 0 Å². The van der Waals surface area contributed by atoms with Gasteiger partial charge in [-0.05, 0) is 12.1 Å². The van der Waals surface area contributed by atoms with Crippen molar-refractivity contribution in [2.24, 2.45) is 0 Å². The predicted octanol–water partition coefficient (Wildman–Crippen LogP) is 1.23. The summed E-state index contributed by atoms with van der Waals surface area (Å²) >= 11 is 0. The first-order chi connectivity index (χ1) is 4.97. The van der Waals surface area contributed by atoms with E-state index in [2.05, 4.69) is 22.4 Å². The van der Waals surface area contributed by atoms with E-state index < -0.39 is 0 Å². The van der Waals surface area contributed by atoms with Crippen molar-refractivity contribution in [3.63, 3.8) is 0 Å². The van der Waals surface area contributed by atoms with Crippen LogP contribution in [0.3, 0.4) is 0 Å². The van der Waals surface area contributed by atoms with E-state index in [1.807, 2.05) is 0 Å². The lowest BCUT2D eigenvalue weighted by Gasteiger charge is -1.90. The molecule has 0 N–H and O–H groups in total. The maximum Gasteiger partial charge on any atom is 0.0893 e. The molecule has 2 aromatic rings. The normalized spacial score (nSPS) is 10.0. The van der Waals surface area contributed by atoms with Crippen LogP contribution in [0.2, 0.25) is 0 Å². The molecule has 2 nitrogen and oxygen atoms in total. The average molecular weight is 128 g/mol. The molecule has 0 atom stereocenters. The van der Waals surface area contributed by atoms with Crippen LogP contribution < -0.4 is 0 Å². The van der Waals surface area contributed by atoms with Crippen molar-refractivity contribution in [3.05, 3.63) is 36.9 Å². The van der Waals surface area contributed by atoms with Gasteiger partial charge in [0.05, 0.1) is 12.4 Å². The van der Waals surface area contributed by atoms with Gasteiger partial charge in [-0.25, -0.2) is 0 Å². The van der Waals surface area contributed by atoms with Gasteiger partial charge >= 0.3 is 0 Å². The highest BCUT2D eigenvalue weighted by atomic mass is 14.6. The first-order valence-corrected chi connectivity index (χ1v) is 2.95. The van der Waals surface area contributed by atoms with E-state index >= 15 is 0 Å². The quantitative estimate of drug-likeness (QED) is 0.533. The minimum absolute atomic E-state index is 1.05. The summed E-state index contributed by atoms with van der Waals surface area (Å²) in [4.78, 5) is 7.68. The standard InChI is InChI=1S/C8H4N2/c1-3-9-6-8-2-4-10-5-7(1)8/h1-2,5-6H. The Morgan fingerprint density at radius 3 is 1.90 bits per heavy atom. The third-order valence-corrected chi connectivity index (χ3v) is 1.33. The molecule has 0 fully saturated rings. The summed E-state index contributed by atoms with van der Waals surface area (Å²) in [7, 11) is 0. The lowest BCUT2D eigenvalue weighted by atomic mass is 10.2. The minimum Gasteiger partial charge on any atom is -0.254 e. The van der Waals surface area contributed by atoms with Gasteiger partial charge in [-0.15, -0.1) is 0 Å². The third-order valence-electron chi connectivity index (χ3n) is 1.33. The minimum atomic E-state index is 1.05. The van der Waals surface area contributed by atoms with Crippen LogP contribution in [0.4, 0.5) is 0 Å². The largest absolute Gasteiger partial charge is 0.254 e. The van der Waals surface area contributed by atoms with Crippen molar-refractivity contribution >= 4 is 10.8 Å². The van der Waals surface area contributed by atoms with Gasteiger partial charge in [0.2, 0.25) is 0 Å². The van der Waals surface area contributed by atoms with E-state index in [9.17, 15) is 0 Å². The Morgan fingerprint density at radius 2 is 1.40 bits per heavy atom. The smallest absolute Gasteiger partial charge is 0.0893 e. The van der Waals surface area contributed by atoms with Crippen LogP contribution in [0.5, 0.6) is 0 Å². The molecule has 46 valence electrons. The van der Waals surface area contributed by atoms with E-state index in [-0.39, 0.29) is 0 Å². The van der Waals surface area contributed by atoms with Gasteiger partial charge in [0, 0.05) is 23.2 Å². The van der Waals surface area contributed by atoms with Crippen molar-refractivity contribution < 1.29 is 0 Å². The molecule has 0 bridgehead atoms. The number of fused-ring (bicyclic) bond motifs is 1. The summed E-state index contributed by atoms with van der Waals surface area (Å²) in [5, 5.41) is 2.10. The Balaban J connectivity index is 2.89. The molecule has 2 aromatic heterocycles. The molecule has 0 spiro atoms. The first-order valence-electron chi connectivity index (χ1n) is 2.95. The van der Waals surface area contributed by atoms with Gasteiger partial charge in [-0.1, -0.05) is 0 Å². The van der Waals surface area contributed by atoms with Crippen LogP contribution in [0.15, 0.2) is 24.5 Å². The highest BCUT2D eigenvalue weighted by Gasteiger charge is 1.88. The van der Waals surface area contributed by atoms with Crippen molar-refractivity contribution in [1.29, 1.82) is 0 Å². The lowest BCUT2D eigenvalue weighted by molar-refractivity contribution is 1.30. The molecule has 2 heteroatoms. The summed E-state index contributed by atoms with van der Waals surface area (Å²) in [5.41, 5.74) is 0. The third kappa shape index (κ3) is 0.739. The summed E-state index contributed by atoms with van der Waals surface area (Å²) in [5.74, 6) is 0. The van der Waals surface area contributed by atoms with Gasteiger partial charge < -0.3 is 0 Å². The Kier molecular flexibility index (Phi) is 1.10. The highest BCUT2D eigenvalue weighted by Crippen LogP contribution is 2.06. The molecule has 0 saturated carbocycles. The Bertz CT molecular complexity index is 278. The first kappa shape index (κ1) is 5.35. The van der Waals surface area contributed by atoms with E-state index in [1.54, 1.807) is 24.5 Å². The van der Waals surface area contributed by atoms with E-state index in [1.165, 1.54) is 0 Å².